The summed E-state index contributed by atoms with van der Waals surface area (Å²) in [4.78, 5) is 9.08. The van der Waals surface area contributed by atoms with E-state index in [1.807, 2.05) is 18.5 Å². The van der Waals surface area contributed by atoms with Crippen LogP contribution in [0.2, 0.25) is 0 Å². The van der Waals surface area contributed by atoms with Crippen LogP contribution in [-0.2, 0) is 4.74 Å². The number of para-hydroxylation sites is 1. The van der Waals surface area contributed by atoms with Gasteiger partial charge in [-0.05, 0) is 30.4 Å². The second-order valence-corrected chi connectivity index (χ2v) is 4.94. The van der Waals surface area contributed by atoms with Gasteiger partial charge in [0.25, 0.3) is 0 Å². The third kappa shape index (κ3) is 1.70. The molecule has 0 amide bonds. The lowest BCUT2D eigenvalue weighted by Gasteiger charge is -2.13. The summed E-state index contributed by atoms with van der Waals surface area (Å²) in [6.45, 7) is 0.834. The van der Waals surface area contributed by atoms with Crippen molar-refractivity contribution >= 4 is 21.7 Å². The van der Waals surface area contributed by atoms with E-state index in [-0.39, 0.29) is 6.10 Å². The van der Waals surface area contributed by atoms with Crippen LogP contribution < -0.4 is 0 Å². The standard InChI is InChI=1S/C16H14N2O/c1-2-5-14-12(4-1)11-7-8-17-10-13(11)16(18-14)15-6-3-9-19-15/h1-2,4-5,7-8,10,15H,3,6,9H2. The highest BCUT2D eigenvalue weighted by molar-refractivity contribution is 6.06. The Labute approximate surface area is 111 Å². The molecular formula is C16H14N2O. The number of hydrogen-bond acceptors (Lipinski definition) is 3. The summed E-state index contributed by atoms with van der Waals surface area (Å²) in [7, 11) is 0. The van der Waals surface area contributed by atoms with E-state index < -0.39 is 0 Å². The Morgan fingerprint density at radius 1 is 1.05 bits per heavy atom. The Hall–Kier alpha value is -2.00. The lowest BCUT2D eigenvalue weighted by atomic mass is 10.0. The van der Waals surface area contributed by atoms with E-state index in [0.717, 1.165) is 36.0 Å². The van der Waals surface area contributed by atoms with Gasteiger partial charge in [0.15, 0.2) is 0 Å². The van der Waals surface area contributed by atoms with Crippen LogP contribution in [0.1, 0.15) is 24.6 Å². The summed E-state index contributed by atoms with van der Waals surface area (Å²) in [6.07, 6.45) is 6.03. The fourth-order valence-corrected chi connectivity index (χ4v) is 2.86. The molecule has 4 rings (SSSR count). The van der Waals surface area contributed by atoms with Gasteiger partial charge in [-0.25, -0.2) is 4.98 Å². The highest BCUT2D eigenvalue weighted by Crippen LogP contribution is 2.34. The molecule has 3 aromatic rings. The topological polar surface area (TPSA) is 35.0 Å². The van der Waals surface area contributed by atoms with Gasteiger partial charge in [0.05, 0.1) is 11.2 Å². The van der Waals surface area contributed by atoms with Crippen molar-refractivity contribution < 1.29 is 4.74 Å². The van der Waals surface area contributed by atoms with Crippen molar-refractivity contribution in [2.45, 2.75) is 18.9 Å². The van der Waals surface area contributed by atoms with Gasteiger partial charge in [0, 0.05) is 29.8 Å². The molecule has 3 heteroatoms. The molecule has 1 fully saturated rings. The van der Waals surface area contributed by atoms with E-state index in [9.17, 15) is 0 Å². The van der Waals surface area contributed by atoms with E-state index in [0.29, 0.717) is 0 Å². The largest absolute Gasteiger partial charge is 0.372 e. The Morgan fingerprint density at radius 2 is 2.00 bits per heavy atom. The maximum absolute atomic E-state index is 5.81. The van der Waals surface area contributed by atoms with Gasteiger partial charge in [-0.3, -0.25) is 4.98 Å². The number of ether oxygens (including phenoxy) is 1. The molecule has 0 radical (unpaired) electrons. The zero-order chi connectivity index (χ0) is 12.7. The molecule has 1 aliphatic rings. The summed E-state index contributed by atoms with van der Waals surface area (Å²) in [5.41, 5.74) is 2.08. The van der Waals surface area contributed by atoms with Crippen molar-refractivity contribution in [1.29, 1.82) is 0 Å². The highest BCUT2D eigenvalue weighted by atomic mass is 16.5. The molecule has 0 spiro atoms. The first-order chi connectivity index (χ1) is 9.43. The Kier molecular flexibility index (Phi) is 2.45. The maximum atomic E-state index is 5.81. The Morgan fingerprint density at radius 3 is 2.89 bits per heavy atom. The van der Waals surface area contributed by atoms with Crippen molar-refractivity contribution in [2.75, 3.05) is 6.61 Å². The zero-order valence-electron chi connectivity index (χ0n) is 10.5. The molecule has 0 saturated carbocycles. The summed E-state index contributed by atoms with van der Waals surface area (Å²) in [5.74, 6) is 0. The monoisotopic (exact) mass is 250 g/mol. The van der Waals surface area contributed by atoms with Crippen LogP contribution in [0.3, 0.4) is 0 Å². The second-order valence-electron chi connectivity index (χ2n) is 4.94. The Bertz CT molecular complexity index is 748. The van der Waals surface area contributed by atoms with Gasteiger partial charge in [0.1, 0.15) is 6.10 Å². The molecular weight excluding hydrogens is 236 g/mol. The second kappa shape index (κ2) is 4.28. The average Bonchev–Trinajstić information content (AvgIpc) is 3.00. The summed E-state index contributed by atoms with van der Waals surface area (Å²) in [6, 6.07) is 10.3. The van der Waals surface area contributed by atoms with Crippen molar-refractivity contribution in [3.63, 3.8) is 0 Å². The van der Waals surface area contributed by atoms with Crippen LogP contribution in [0.5, 0.6) is 0 Å². The molecule has 3 nitrogen and oxygen atoms in total. The number of hydrogen-bond donors (Lipinski definition) is 0. The predicted octanol–water partition coefficient (Wildman–Crippen LogP) is 3.63. The Balaban J connectivity index is 2.09. The highest BCUT2D eigenvalue weighted by Gasteiger charge is 2.22. The van der Waals surface area contributed by atoms with Gasteiger partial charge in [-0.15, -0.1) is 0 Å². The first kappa shape index (κ1) is 10.9. The first-order valence-electron chi connectivity index (χ1n) is 6.67. The molecule has 2 aromatic heterocycles. The third-order valence-corrected chi connectivity index (χ3v) is 3.77. The number of aromatic nitrogens is 2. The third-order valence-electron chi connectivity index (χ3n) is 3.77. The summed E-state index contributed by atoms with van der Waals surface area (Å²) in [5, 5.41) is 3.51. The van der Waals surface area contributed by atoms with Gasteiger partial charge < -0.3 is 4.74 Å². The minimum atomic E-state index is 0.122. The zero-order valence-corrected chi connectivity index (χ0v) is 10.5. The summed E-state index contributed by atoms with van der Waals surface area (Å²) >= 11 is 0. The van der Waals surface area contributed by atoms with Crippen LogP contribution in [0.4, 0.5) is 0 Å². The normalized spacial score (nSPS) is 19.3. The molecule has 1 saturated heterocycles. The molecule has 0 bridgehead atoms. The minimum absolute atomic E-state index is 0.122. The quantitative estimate of drug-likeness (QED) is 0.618. The van der Waals surface area contributed by atoms with Gasteiger partial charge in [-0.2, -0.15) is 0 Å². The maximum Gasteiger partial charge on any atom is 0.100 e. The van der Waals surface area contributed by atoms with Gasteiger partial charge in [-0.1, -0.05) is 18.2 Å². The van der Waals surface area contributed by atoms with Gasteiger partial charge >= 0.3 is 0 Å². The SMILES string of the molecule is c1ccc2c(c1)nc(C1CCCO1)c1cnccc12. The predicted molar refractivity (Wildman–Crippen MR) is 75.0 cm³/mol. The average molecular weight is 250 g/mol. The van der Waals surface area contributed by atoms with E-state index in [1.54, 1.807) is 0 Å². The van der Waals surface area contributed by atoms with Crippen molar-refractivity contribution in [1.82, 2.24) is 9.97 Å². The fraction of sp³-hybridized carbons (Fsp3) is 0.250. The molecule has 1 aromatic carbocycles. The first-order valence-corrected chi connectivity index (χ1v) is 6.67. The molecule has 3 heterocycles. The number of pyridine rings is 2. The smallest absolute Gasteiger partial charge is 0.100 e. The van der Waals surface area contributed by atoms with Crippen molar-refractivity contribution in [3.05, 3.63) is 48.4 Å². The van der Waals surface area contributed by atoms with Crippen LogP contribution in [-0.4, -0.2) is 16.6 Å². The minimum Gasteiger partial charge on any atom is -0.372 e. The number of benzene rings is 1. The van der Waals surface area contributed by atoms with Gasteiger partial charge in [0.2, 0.25) is 0 Å². The van der Waals surface area contributed by atoms with E-state index >= 15 is 0 Å². The van der Waals surface area contributed by atoms with Crippen LogP contribution >= 0.6 is 0 Å². The lowest BCUT2D eigenvalue weighted by molar-refractivity contribution is 0.110. The van der Waals surface area contributed by atoms with Crippen LogP contribution in [0.15, 0.2) is 42.7 Å². The molecule has 1 atom stereocenters. The molecule has 0 aliphatic carbocycles. The van der Waals surface area contributed by atoms with Crippen LogP contribution in [0.25, 0.3) is 21.7 Å². The van der Waals surface area contributed by atoms with E-state index in [4.69, 9.17) is 9.72 Å². The number of nitrogens with zero attached hydrogens (tertiary/aromatic N) is 2. The fourth-order valence-electron chi connectivity index (χ4n) is 2.86. The molecule has 94 valence electrons. The molecule has 19 heavy (non-hydrogen) atoms. The van der Waals surface area contributed by atoms with E-state index in [2.05, 4.69) is 29.2 Å². The van der Waals surface area contributed by atoms with E-state index in [1.165, 1.54) is 10.8 Å². The number of rotatable bonds is 1. The molecule has 0 N–H and O–H groups in total. The lowest BCUT2D eigenvalue weighted by Crippen LogP contribution is -2.01. The molecule has 1 unspecified atom stereocenters. The number of fused-ring (bicyclic) bond motifs is 3. The molecule has 1 aliphatic heterocycles. The van der Waals surface area contributed by atoms with Crippen molar-refractivity contribution in [2.24, 2.45) is 0 Å². The van der Waals surface area contributed by atoms with Crippen molar-refractivity contribution in [3.8, 4) is 0 Å². The van der Waals surface area contributed by atoms with Crippen LogP contribution in [0, 0.1) is 0 Å². The summed E-state index contributed by atoms with van der Waals surface area (Å²) < 4.78 is 5.81.